The maximum absolute atomic E-state index is 11.0. The molecule has 0 spiro atoms. The summed E-state index contributed by atoms with van der Waals surface area (Å²) in [5.41, 5.74) is 1.68. The van der Waals surface area contributed by atoms with Crippen molar-refractivity contribution in [3.63, 3.8) is 0 Å². The lowest BCUT2D eigenvalue weighted by Gasteiger charge is -2.13. The molecule has 18 heavy (non-hydrogen) atoms. The van der Waals surface area contributed by atoms with Gasteiger partial charge in [-0.2, -0.15) is 5.10 Å². The smallest absolute Gasteiger partial charge is 0.320 e. The lowest BCUT2D eigenvalue weighted by Crippen LogP contribution is -2.36. The van der Waals surface area contributed by atoms with E-state index in [1.54, 1.807) is 4.68 Å². The molecule has 0 fully saturated rings. The Hall–Kier alpha value is -1.07. The summed E-state index contributed by atoms with van der Waals surface area (Å²) in [4.78, 5) is 11.0. The molecule has 0 aromatic carbocycles. The summed E-state index contributed by atoms with van der Waals surface area (Å²) in [5.74, 6) is -0.828. The predicted molar refractivity (Wildman–Crippen MR) is 70.8 cm³/mol. The second-order valence-corrected chi connectivity index (χ2v) is 4.62. The van der Waals surface area contributed by atoms with Crippen LogP contribution in [0.3, 0.4) is 0 Å². The van der Waals surface area contributed by atoms with Crippen LogP contribution in [-0.2, 0) is 24.8 Å². The number of rotatable bonds is 7. The van der Waals surface area contributed by atoms with Crippen LogP contribution in [0.5, 0.6) is 0 Å². The number of hydrogen-bond acceptors (Lipinski definition) is 3. The lowest BCUT2D eigenvalue weighted by molar-refractivity contribution is -0.139. The van der Waals surface area contributed by atoms with Crippen molar-refractivity contribution in [2.24, 2.45) is 7.05 Å². The van der Waals surface area contributed by atoms with E-state index in [1.807, 2.05) is 20.9 Å². The van der Waals surface area contributed by atoms with Gasteiger partial charge < -0.3 is 5.11 Å². The van der Waals surface area contributed by atoms with Crippen molar-refractivity contribution in [2.75, 3.05) is 0 Å². The molecule has 1 unspecified atom stereocenters. The van der Waals surface area contributed by atoms with Gasteiger partial charge in [-0.05, 0) is 12.8 Å². The van der Waals surface area contributed by atoms with Crippen LogP contribution in [0.4, 0.5) is 0 Å². The van der Waals surface area contributed by atoms with Gasteiger partial charge in [0.15, 0.2) is 0 Å². The minimum atomic E-state index is -0.828. The minimum absolute atomic E-state index is 0.416. The van der Waals surface area contributed by atoms with Crippen LogP contribution in [0.1, 0.15) is 38.1 Å². The highest BCUT2D eigenvalue weighted by Gasteiger charge is 2.18. The Morgan fingerprint density at radius 2 is 2.22 bits per heavy atom. The molecular weight excluding hydrogens is 254 g/mol. The maximum atomic E-state index is 11.0. The summed E-state index contributed by atoms with van der Waals surface area (Å²) in [6.07, 6.45) is 2.19. The molecule has 5 nitrogen and oxygen atoms in total. The molecule has 0 radical (unpaired) electrons. The highest BCUT2D eigenvalue weighted by Crippen LogP contribution is 2.20. The molecular formula is C12H20ClN3O2. The molecule has 1 heterocycles. The van der Waals surface area contributed by atoms with E-state index >= 15 is 0 Å². The van der Waals surface area contributed by atoms with Gasteiger partial charge in [0, 0.05) is 13.6 Å². The Kier molecular flexibility index (Phi) is 5.62. The molecule has 6 heteroatoms. The summed E-state index contributed by atoms with van der Waals surface area (Å²) in [6.45, 7) is 4.37. The standard InChI is InChI=1S/C12H20ClN3O2/c1-4-6-9(12(17)18)14-7-10-11(13)8(5-2)15-16(10)3/h9,14H,4-7H2,1-3H3,(H,17,18). The molecule has 0 aliphatic carbocycles. The molecule has 0 amide bonds. The highest BCUT2D eigenvalue weighted by molar-refractivity contribution is 6.31. The number of carboxylic acids is 1. The van der Waals surface area contributed by atoms with E-state index in [0.717, 1.165) is 24.2 Å². The zero-order chi connectivity index (χ0) is 13.7. The third kappa shape index (κ3) is 3.46. The third-order valence-corrected chi connectivity index (χ3v) is 3.33. The fourth-order valence-corrected chi connectivity index (χ4v) is 2.19. The van der Waals surface area contributed by atoms with Crippen LogP contribution in [0, 0.1) is 0 Å². The Morgan fingerprint density at radius 3 is 2.67 bits per heavy atom. The quantitative estimate of drug-likeness (QED) is 0.797. The van der Waals surface area contributed by atoms with Crippen molar-refractivity contribution in [1.29, 1.82) is 0 Å². The minimum Gasteiger partial charge on any atom is -0.480 e. The second-order valence-electron chi connectivity index (χ2n) is 4.24. The number of carbonyl (C=O) groups is 1. The van der Waals surface area contributed by atoms with Gasteiger partial charge in [0.25, 0.3) is 0 Å². The first kappa shape index (κ1) is 15.0. The number of nitrogens with one attached hydrogen (secondary N) is 1. The molecule has 1 atom stereocenters. The van der Waals surface area contributed by atoms with Gasteiger partial charge in [-0.1, -0.05) is 31.9 Å². The molecule has 0 bridgehead atoms. The Morgan fingerprint density at radius 1 is 1.56 bits per heavy atom. The van der Waals surface area contributed by atoms with Crippen molar-refractivity contribution in [3.8, 4) is 0 Å². The largest absolute Gasteiger partial charge is 0.480 e. The van der Waals surface area contributed by atoms with Crippen molar-refractivity contribution in [2.45, 2.75) is 45.7 Å². The van der Waals surface area contributed by atoms with E-state index < -0.39 is 12.0 Å². The Balaban J connectivity index is 2.73. The van der Waals surface area contributed by atoms with Crippen molar-refractivity contribution in [1.82, 2.24) is 15.1 Å². The molecule has 1 aromatic rings. The van der Waals surface area contributed by atoms with Crippen LogP contribution in [-0.4, -0.2) is 26.9 Å². The van der Waals surface area contributed by atoms with E-state index in [1.165, 1.54) is 0 Å². The maximum Gasteiger partial charge on any atom is 0.320 e. The van der Waals surface area contributed by atoms with Gasteiger partial charge in [0.2, 0.25) is 0 Å². The number of hydrogen-bond donors (Lipinski definition) is 2. The van der Waals surface area contributed by atoms with E-state index in [2.05, 4.69) is 10.4 Å². The molecule has 1 aromatic heterocycles. The highest BCUT2D eigenvalue weighted by atomic mass is 35.5. The fourth-order valence-electron chi connectivity index (χ4n) is 1.83. The number of nitrogens with zero attached hydrogens (tertiary/aromatic N) is 2. The summed E-state index contributed by atoms with van der Waals surface area (Å²) >= 11 is 6.20. The van der Waals surface area contributed by atoms with Gasteiger partial charge in [-0.15, -0.1) is 0 Å². The van der Waals surface area contributed by atoms with Gasteiger partial charge in [-0.3, -0.25) is 14.8 Å². The summed E-state index contributed by atoms with van der Waals surface area (Å²) in [5, 5.41) is 17.0. The molecule has 0 saturated carbocycles. The SMILES string of the molecule is CCCC(NCc1c(Cl)c(CC)nn1C)C(=O)O. The van der Waals surface area contributed by atoms with Gasteiger partial charge in [0.1, 0.15) is 6.04 Å². The van der Waals surface area contributed by atoms with Gasteiger partial charge >= 0.3 is 5.97 Å². The average Bonchev–Trinajstić information content (AvgIpc) is 2.60. The zero-order valence-corrected chi connectivity index (χ0v) is 11.8. The third-order valence-electron chi connectivity index (χ3n) is 2.89. The summed E-state index contributed by atoms with van der Waals surface area (Å²) in [6, 6.07) is -0.536. The number of aromatic nitrogens is 2. The summed E-state index contributed by atoms with van der Waals surface area (Å²) in [7, 11) is 1.82. The topological polar surface area (TPSA) is 67.2 Å². The monoisotopic (exact) mass is 273 g/mol. The van der Waals surface area contributed by atoms with E-state index in [9.17, 15) is 4.79 Å². The number of halogens is 1. The molecule has 2 N–H and O–H groups in total. The lowest BCUT2D eigenvalue weighted by atomic mass is 10.1. The van der Waals surface area contributed by atoms with Crippen molar-refractivity contribution >= 4 is 17.6 Å². The average molecular weight is 274 g/mol. The van der Waals surface area contributed by atoms with Crippen LogP contribution < -0.4 is 5.32 Å². The fraction of sp³-hybridized carbons (Fsp3) is 0.667. The molecule has 0 saturated heterocycles. The Labute approximate surface area is 112 Å². The Bertz CT molecular complexity index is 418. The van der Waals surface area contributed by atoms with Gasteiger partial charge in [0.05, 0.1) is 16.4 Å². The van der Waals surface area contributed by atoms with Crippen LogP contribution >= 0.6 is 11.6 Å². The van der Waals surface area contributed by atoms with Crippen molar-refractivity contribution in [3.05, 3.63) is 16.4 Å². The number of aryl methyl sites for hydroxylation is 2. The van der Waals surface area contributed by atoms with E-state index in [-0.39, 0.29) is 0 Å². The number of aliphatic carboxylic acids is 1. The molecule has 0 aliphatic heterocycles. The first-order valence-electron chi connectivity index (χ1n) is 6.17. The predicted octanol–water partition coefficient (Wildman–Crippen LogP) is 1.98. The zero-order valence-electron chi connectivity index (χ0n) is 11.0. The second kappa shape index (κ2) is 6.75. The summed E-state index contributed by atoms with van der Waals surface area (Å²) < 4.78 is 1.71. The van der Waals surface area contributed by atoms with E-state index in [0.29, 0.717) is 18.0 Å². The van der Waals surface area contributed by atoms with Crippen LogP contribution in [0.15, 0.2) is 0 Å². The molecule has 102 valence electrons. The van der Waals surface area contributed by atoms with Crippen LogP contribution in [0.25, 0.3) is 0 Å². The molecule has 0 aliphatic rings. The molecule has 1 rings (SSSR count). The normalized spacial score (nSPS) is 12.7. The number of carboxylic acid groups (broad SMARTS) is 1. The first-order chi connectivity index (χ1) is 8.51. The van der Waals surface area contributed by atoms with Gasteiger partial charge in [-0.25, -0.2) is 0 Å². The van der Waals surface area contributed by atoms with E-state index in [4.69, 9.17) is 16.7 Å². The first-order valence-corrected chi connectivity index (χ1v) is 6.55. The van der Waals surface area contributed by atoms with Crippen molar-refractivity contribution < 1.29 is 9.90 Å². The van der Waals surface area contributed by atoms with Crippen LogP contribution in [0.2, 0.25) is 5.02 Å².